The Morgan fingerprint density at radius 2 is 1.97 bits per heavy atom. The number of anilines is 2. The van der Waals surface area contributed by atoms with Crippen molar-refractivity contribution in [2.24, 2.45) is 5.73 Å². The van der Waals surface area contributed by atoms with Gasteiger partial charge < -0.3 is 20.3 Å². The van der Waals surface area contributed by atoms with Crippen LogP contribution in [0.3, 0.4) is 0 Å². The van der Waals surface area contributed by atoms with Gasteiger partial charge in [0.2, 0.25) is 0 Å². The van der Waals surface area contributed by atoms with Crippen LogP contribution in [0.1, 0.15) is 24.8 Å². The molecule has 1 fully saturated rings. The van der Waals surface area contributed by atoms with Crippen LogP contribution in [-0.4, -0.2) is 56.8 Å². The Hall–Kier alpha value is -2.48. The zero-order valence-electron chi connectivity index (χ0n) is 19.3. The molecular weight excluding hydrogens is 468 g/mol. The SMILES string of the molecule is NC(=O)N(CCCCN1CCCN(c2cccc3c2OCC3)CC1)c1sc2ccccc2c1Cl. The molecule has 2 amide bonds. The molecule has 8 heteroatoms. The molecule has 0 atom stereocenters. The van der Waals surface area contributed by atoms with Crippen LogP contribution in [0.4, 0.5) is 15.5 Å². The number of primary amides is 1. The molecule has 3 heterocycles. The van der Waals surface area contributed by atoms with Crippen molar-refractivity contribution in [1.29, 1.82) is 0 Å². The third kappa shape index (κ3) is 4.83. The number of carbonyl (C=O) groups excluding carboxylic acids is 1. The van der Waals surface area contributed by atoms with E-state index in [9.17, 15) is 4.79 Å². The molecule has 0 bridgehead atoms. The van der Waals surface area contributed by atoms with E-state index in [-0.39, 0.29) is 0 Å². The first-order chi connectivity index (χ1) is 16.6. The van der Waals surface area contributed by atoms with E-state index in [2.05, 4.69) is 28.0 Å². The number of nitrogens with two attached hydrogens (primary N) is 1. The maximum Gasteiger partial charge on any atom is 0.319 e. The lowest BCUT2D eigenvalue weighted by atomic mass is 10.1. The van der Waals surface area contributed by atoms with Crippen LogP contribution in [0, 0.1) is 0 Å². The van der Waals surface area contributed by atoms with Gasteiger partial charge >= 0.3 is 6.03 Å². The normalized spacial score (nSPS) is 16.3. The van der Waals surface area contributed by atoms with Crippen molar-refractivity contribution in [3.63, 3.8) is 0 Å². The number of benzene rings is 2. The highest BCUT2D eigenvalue weighted by atomic mass is 35.5. The first-order valence-electron chi connectivity index (χ1n) is 12.1. The predicted molar refractivity (Wildman–Crippen MR) is 142 cm³/mol. The van der Waals surface area contributed by atoms with Gasteiger partial charge in [0.1, 0.15) is 10.8 Å². The number of urea groups is 1. The lowest BCUT2D eigenvalue weighted by Gasteiger charge is -2.25. The van der Waals surface area contributed by atoms with E-state index < -0.39 is 6.03 Å². The summed E-state index contributed by atoms with van der Waals surface area (Å²) in [5, 5.41) is 2.33. The first kappa shape index (κ1) is 23.3. The van der Waals surface area contributed by atoms with Gasteiger partial charge in [0, 0.05) is 42.7 Å². The lowest BCUT2D eigenvalue weighted by Crippen LogP contribution is -2.36. The van der Waals surface area contributed by atoms with Crippen LogP contribution in [0.2, 0.25) is 5.02 Å². The van der Waals surface area contributed by atoms with E-state index >= 15 is 0 Å². The van der Waals surface area contributed by atoms with Crippen LogP contribution in [0.15, 0.2) is 42.5 Å². The summed E-state index contributed by atoms with van der Waals surface area (Å²) < 4.78 is 7.00. The number of halogens is 1. The largest absolute Gasteiger partial charge is 0.491 e. The van der Waals surface area contributed by atoms with Crippen molar-refractivity contribution in [2.45, 2.75) is 25.7 Å². The van der Waals surface area contributed by atoms with Crippen LogP contribution in [0.25, 0.3) is 10.1 Å². The van der Waals surface area contributed by atoms with E-state index in [4.69, 9.17) is 22.1 Å². The molecule has 180 valence electrons. The van der Waals surface area contributed by atoms with Crippen molar-refractivity contribution >= 4 is 49.7 Å². The van der Waals surface area contributed by atoms with Crippen molar-refractivity contribution < 1.29 is 9.53 Å². The zero-order valence-corrected chi connectivity index (χ0v) is 20.9. The number of fused-ring (bicyclic) bond motifs is 2. The van der Waals surface area contributed by atoms with Crippen LogP contribution < -0.4 is 20.3 Å². The van der Waals surface area contributed by atoms with Gasteiger partial charge in [-0.1, -0.05) is 41.9 Å². The molecule has 1 aromatic heterocycles. The summed E-state index contributed by atoms with van der Waals surface area (Å²) in [7, 11) is 0. The predicted octanol–water partition coefficient (Wildman–Crippen LogP) is 5.37. The summed E-state index contributed by atoms with van der Waals surface area (Å²) in [4.78, 5) is 18.8. The third-order valence-electron chi connectivity index (χ3n) is 6.76. The summed E-state index contributed by atoms with van der Waals surface area (Å²) in [6.45, 7) is 6.57. The number of amides is 2. The molecular formula is C26H31ClN4O2S. The molecule has 3 aromatic rings. The Bertz CT molecular complexity index is 1170. The van der Waals surface area contributed by atoms with Gasteiger partial charge in [-0.25, -0.2) is 4.79 Å². The van der Waals surface area contributed by atoms with E-state index in [0.717, 1.165) is 85.9 Å². The topological polar surface area (TPSA) is 62.0 Å². The number of carbonyl (C=O) groups is 1. The van der Waals surface area contributed by atoms with E-state index in [0.29, 0.717) is 11.6 Å². The van der Waals surface area contributed by atoms with Gasteiger partial charge in [0.15, 0.2) is 0 Å². The monoisotopic (exact) mass is 498 g/mol. The Balaban J connectivity index is 1.14. The second kappa shape index (κ2) is 10.4. The summed E-state index contributed by atoms with van der Waals surface area (Å²) in [6.07, 6.45) is 4.04. The Kier molecular flexibility index (Phi) is 7.13. The van der Waals surface area contributed by atoms with Gasteiger partial charge in [-0.3, -0.25) is 4.90 Å². The smallest absolute Gasteiger partial charge is 0.319 e. The summed E-state index contributed by atoms with van der Waals surface area (Å²) in [5.41, 5.74) is 8.30. The molecule has 5 rings (SSSR count). The summed E-state index contributed by atoms with van der Waals surface area (Å²) in [5.74, 6) is 1.09. The molecule has 0 spiro atoms. The van der Waals surface area contributed by atoms with Gasteiger partial charge in [0.05, 0.1) is 17.3 Å². The molecule has 0 radical (unpaired) electrons. The number of nitrogens with zero attached hydrogens (tertiary/aromatic N) is 3. The highest BCUT2D eigenvalue weighted by molar-refractivity contribution is 7.23. The minimum Gasteiger partial charge on any atom is -0.491 e. The van der Waals surface area contributed by atoms with Crippen molar-refractivity contribution in [3.8, 4) is 5.75 Å². The molecule has 6 nitrogen and oxygen atoms in total. The Morgan fingerprint density at radius 1 is 1.09 bits per heavy atom. The van der Waals surface area contributed by atoms with E-state index in [1.807, 2.05) is 24.3 Å². The molecule has 0 unspecified atom stereocenters. The second-order valence-corrected chi connectivity index (χ2v) is 10.4. The Labute approximate surface area is 209 Å². The zero-order chi connectivity index (χ0) is 23.5. The fourth-order valence-electron chi connectivity index (χ4n) is 4.97. The van der Waals surface area contributed by atoms with E-state index in [1.54, 1.807) is 4.90 Å². The molecule has 1 saturated heterocycles. The van der Waals surface area contributed by atoms with Gasteiger partial charge in [-0.2, -0.15) is 0 Å². The highest BCUT2D eigenvalue weighted by Crippen LogP contribution is 2.42. The van der Waals surface area contributed by atoms with Crippen LogP contribution >= 0.6 is 22.9 Å². The second-order valence-electron chi connectivity index (χ2n) is 8.96. The average molecular weight is 499 g/mol. The maximum absolute atomic E-state index is 12.2. The maximum atomic E-state index is 12.2. The fraction of sp³-hybridized carbons (Fsp3) is 0.423. The molecule has 2 aromatic carbocycles. The third-order valence-corrected chi connectivity index (χ3v) is 8.45. The summed E-state index contributed by atoms with van der Waals surface area (Å²) in [6, 6.07) is 14.0. The highest BCUT2D eigenvalue weighted by Gasteiger charge is 2.23. The number of ether oxygens (including phenoxy) is 1. The van der Waals surface area contributed by atoms with Crippen molar-refractivity contribution in [2.75, 3.05) is 55.7 Å². The minimum absolute atomic E-state index is 0.448. The molecule has 2 aliphatic heterocycles. The quantitative estimate of drug-likeness (QED) is 0.445. The number of rotatable bonds is 7. The molecule has 0 aliphatic carbocycles. The lowest BCUT2D eigenvalue weighted by molar-refractivity contribution is 0.253. The number of thiophene rings is 1. The van der Waals surface area contributed by atoms with Crippen molar-refractivity contribution in [1.82, 2.24) is 4.90 Å². The number of hydrogen-bond donors (Lipinski definition) is 1. The standard InChI is InChI=1S/C26H31ClN4O2S/c27-23-20-8-1-2-10-22(20)34-25(23)31(26(28)32)15-4-3-12-29-13-6-14-30(17-16-29)21-9-5-7-19-11-18-33-24(19)21/h1-2,5,7-10H,3-4,6,11-18H2,(H2,28,32). The molecule has 0 saturated carbocycles. The minimum atomic E-state index is -0.448. The van der Waals surface area contributed by atoms with Gasteiger partial charge in [-0.15, -0.1) is 11.3 Å². The molecule has 2 N–H and O–H groups in total. The molecule has 2 aliphatic rings. The fourth-order valence-corrected chi connectivity index (χ4v) is 6.54. The first-order valence-corrected chi connectivity index (χ1v) is 13.3. The van der Waals surface area contributed by atoms with Gasteiger partial charge in [-0.05, 0) is 50.0 Å². The number of para-hydroxylation sites is 1. The Morgan fingerprint density at radius 3 is 2.82 bits per heavy atom. The van der Waals surface area contributed by atoms with Gasteiger partial charge in [0.25, 0.3) is 0 Å². The number of unbranched alkanes of at least 4 members (excludes halogenated alkanes) is 1. The van der Waals surface area contributed by atoms with E-state index in [1.165, 1.54) is 22.6 Å². The number of hydrogen-bond acceptors (Lipinski definition) is 5. The average Bonchev–Trinajstić information content (AvgIpc) is 3.37. The van der Waals surface area contributed by atoms with Crippen molar-refractivity contribution in [3.05, 3.63) is 53.1 Å². The summed E-state index contributed by atoms with van der Waals surface area (Å²) >= 11 is 8.11. The van der Waals surface area contributed by atoms with Crippen LogP contribution in [-0.2, 0) is 6.42 Å². The molecule has 34 heavy (non-hydrogen) atoms. The van der Waals surface area contributed by atoms with Crippen LogP contribution in [0.5, 0.6) is 5.75 Å².